The Morgan fingerprint density at radius 2 is 1.76 bits per heavy atom. The summed E-state index contributed by atoms with van der Waals surface area (Å²) >= 11 is 5.78. The molecular formula is C18H21ClN2O3S. The molecule has 0 atom stereocenters. The SMILES string of the molecule is CCc1ccccc1N(CCNS(=O)(=O)c1ccc(Cl)cc1)C(C)=O. The number of aryl methyl sites for hydroxylation is 1. The molecule has 0 heterocycles. The molecule has 5 nitrogen and oxygen atoms in total. The molecule has 0 bridgehead atoms. The van der Waals surface area contributed by atoms with Gasteiger partial charge in [-0.1, -0.05) is 36.7 Å². The summed E-state index contributed by atoms with van der Waals surface area (Å²) in [4.78, 5) is 13.7. The molecule has 0 radical (unpaired) electrons. The molecule has 0 saturated carbocycles. The number of hydrogen-bond donors (Lipinski definition) is 1. The number of amides is 1. The maximum atomic E-state index is 12.3. The molecule has 1 amide bonds. The molecule has 0 aliphatic carbocycles. The van der Waals surface area contributed by atoms with Crippen LogP contribution in [0.25, 0.3) is 0 Å². The van der Waals surface area contributed by atoms with Gasteiger partial charge in [0.2, 0.25) is 15.9 Å². The van der Waals surface area contributed by atoms with Crippen LogP contribution < -0.4 is 9.62 Å². The van der Waals surface area contributed by atoms with Crippen LogP contribution in [0.5, 0.6) is 0 Å². The van der Waals surface area contributed by atoms with Crippen LogP contribution in [-0.4, -0.2) is 27.4 Å². The molecule has 25 heavy (non-hydrogen) atoms. The van der Waals surface area contributed by atoms with Gasteiger partial charge in [-0.2, -0.15) is 0 Å². The Bertz CT molecular complexity index is 836. The summed E-state index contributed by atoms with van der Waals surface area (Å²) in [5, 5.41) is 0.470. The molecule has 0 unspecified atom stereocenters. The second-order valence-corrected chi connectivity index (χ2v) is 7.71. The summed E-state index contributed by atoms with van der Waals surface area (Å²) in [6, 6.07) is 13.5. The molecule has 0 aromatic heterocycles. The molecule has 2 aromatic rings. The van der Waals surface area contributed by atoms with E-state index in [4.69, 9.17) is 11.6 Å². The monoisotopic (exact) mass is 380 g/mol. The van der Waals surface area contributed by atoms with Crippen molar-refractivity contribution in [2.45, 2.75) is 25.2 Å². The van der Waals surface area contributed by atoms with E-state index in [2.05, 4.69) is 4.72 Å². The van der Waals surface area contributed by atoms with E-state index in [9.17, 15) is 13.2 Å². The van der Waals surface area contributed by atoms with Gasteiger partial charge in [0, 0.05) is 30.7 Å². The molecule has 0 saturated heterocycles. The maximum absolute atomic E-state index is 12.3. The molecular weight excluding hydrogens is 360 g/mol. The minimum absolute atomic E-state index is 0.114. The van der Waals surface area contributed by atoms with E-state index < -0.39 is 10.0 Å². The van der Waals surface area contributed by atoms with E-state index in [1.807, 2.05) is 31.2 Å². The highest BCUT2D eigenvalue weighted by molar-refractivity contribution is 7.89. The van der Waals surface area contributed by atoms with Gasteiger partial charge >= 0.3 is 0 Å². The van der Waals surface area contributed by atoms with Crippen LogP contribution in [0.15, 0.2) is 53.4 Å². The summed E-state index contributed by atoms with van der Waals surface area (Å²) in [7, 11) is -3.64. The van der Waals surface area contributed by atoms with Gasteiger partial charge in [-0.3, -0.25) is 4.79 Å². The standard InChI is InChI=1S/C18H21ClN2O3S/c1-3-15-6-4-5-7-18(15)21(14(2)22)13-12-20-25(23,24)17-10-8-16(19)9-11-17/h4-11,20H,3,12-13H2,1-2H3. The average Bonchev–Trinajstić information content (AvgIpc) is 2.59. The number of carbonyl (C=O) groups is 1. The average molecular weight is 381 g/mol. The van der Waals surface area contributed by atoms with Gasteiger partial charge in [0.15, 0.2) is 0 Å². The maximum Gasteiger partial charge on any atom is 0.240 e. The number of anilines is 1. The van der Waals surface area contributed by atoms with Crippen molar-refractivity contribution in [3.8, 4) is 0 Å². The number of sulfonamides is 1. The van der Waals surface area contributed by atoms with Crippen LogP contribution in [0, 0.1) is 0 Å². The lowest BCUT2D eigenvalue weighted by molar-refractivity contribution is -0.116. The zero-order chi connectivity index (χ0) is 18.4. The molecule has 0 aliphatic rings. The van der Waals surface area contributed by atoms with Crippen molar-refractivity contribution < 1.29 is 13.2 Å². The van der Waals surface area contributed by atoms with Crippen molar-refractivity contribution in [2.24, 2.45) is 0 Å². The number of halogens is 1. The first-order chi connectivity index (χ1) is 11.8. The quantitative estimate of drug-likeness (QED) is 0.801. The van der Waals surface area contributed by atoms with Crippen LogP contribution in [0.4, 0.5) is 5.69 Å². The number of para-hydroxylation sites is 1. The lowest BCUT2D eigenvalue weighted by Crippen LogP contribution is -2.38. The first kappa shape index (κ1) is 19.4. The van der Waals surface area contributed by atoms with Crippen molar-refractivity contribution in [3.63, 3.8) is 0 Å². The molecule has 1 N–H and O–H groups in total. The molecule has 2 rings (SSSR count). The minimum atomic E-state index is -3.64. The highest BCUT2D eigenvalue weighted by Gasteiger charge is 2.17. The minimum Gasteiger partial charge on any atom is -0.311 e. The number of benzene rings is 2. The van der Waals surface area contributed by atoms with Gasteiger partial charge < -0.3 is 4.90 Å². The van der Waals surface area contributed by atoms with Gasteiger partial charge in [-0.25, -0.2) is 13.1 Å². The van der Waals surface area contributed by atoms with Gasteiger partial charge in [0.1, 0.15) is 0 Å². The van der Waals surface area contributed by atoms with Crippen molar-refractivity contribution in [1.82, 2.24) is 4.72 Å². The molecule has 0 aliphatic heterocycles. The number of rotatable bonds is 7. The Morgan fingerprint density at radius 3 is 2.36 bits per heavy atom. The van der Waals surface area contributed by atoms with Gasteiger partial charge in [0.05, 0.1) is 4.90 Å². The van der Waals surface area contributed by atoms with Crippen LogP contribution in [0.3, 0.4) is 0 Å². The highest BCUT2D eigenvalue weighted by atomic mass is 35.5. The summed E-state index contributed by atoms with van der Waals surface area (Å²) in [6.07, 6.45) is 0.788. The normalized spacial score (nSPS) is 11.3. The summed E-state index contributed by atoms with van der Waals surface area (Å²) in [5.74, 6) is -0.133. The van der Waals surface area contributed by atoms with Gasteiger partial charge in [-0.15, -0.1) is 0 Å². The number of nitrogens with zero attached hydrogens (tertiary/aromatic N) is 1. The van der Waals surface area contributed by atoms with Crippen molar-refractivity contribution in [1.29, 1.82) is 0 Å². The molecule has 0 spiro atoms. The molecule has 0 fully saturated rings. The fourth-order valence-electron chi connectivity index (χ4n) is 2.51. The van der Waals surface area contributed by atoms with Crippen LogP contribution in [0.2, 0.25) is 5.02 Å². The Hall–Kier alpha value is -1.89. The van der Waals surface area contributed by atoms with Crippen molar-refractivity contribution in [2.75, 3.05) is 18.0 Å². The zero-order valence-electron chi connectivity index (χ0n) is 14.2. The second-order valence-electron chi connectivity index (χ2n) is 5.50. The molecule has 2 aromatic carbocycles. The van der Waals surface area contributed by atoms with E-state index in [-0.39, 0.29) is 23.9 Å². The number of hydrogen-bond acceptors (Lipinski definition) is 3. The predicted octanol–water partition coefficient (Wildman–Crippen LogP) is 3.23. The Balaban J connectivity index is 2.09. The fourth-order valence-corrected chi connectivity index (χ4v) is 3.66. The molecule has 134 valence electrons. The Labute approximate surface area is 153 Å². The summed E-state index contributed by atoms with van der Waals surface area (Å²) < 4.78 is 27.1. The topological polar surface area (TPSA) is 66.5 Å². The largest absolute Gasteiger partial charge is 0.311 e. The van der Waals surface area contributed by atoms with E-state index in [1.54, 1.807) is 4.90 Å². The van der Waals surface area contributed by atoms with Gasteiger partial charge in [0.25, 0.3) is 0 Å². The zero-order valence-corrected chi connectivity index (χ0v) is 15.8. The summed E-state index contributed by atoms with van der Waals surface area (Å²) in [5.41, 5.74) is 1.85. The Morgan fingerprint density at radius 1 is 1.12 bits per heavy atom. The van der Waals surface area contributed by atoms with Crippen LogP contribution >= 0.6 is 11.6 Å². The third-order valence-corrected chi connectivity index (χ3v) is 5.52. The lowest BCUT2D eigenvalue weighted by Gasteiger charge is -2.24. The number of carbonyl (C=O) groups excluding carboxylic acids is 1. The first-order valence-corrected chi connectivity index (χ1v) is 9.82. The molecule has 7 heteroatoms. The van der Waals surface area contributed by atoms with Crippen molar-refractivity contribution >= 4 is 33.2 Å². The Kier molecular flexibility index (Phi) is 6.58. The predicted molar refractivity (Wildman–Crippen MR) is 100 cm³/mol. The van der Waals surface area contributed by atoms with Gasteiger partial charge in [-0.05, 0) is 42.3 Å². The third kappa shape index (κ3) is 5.04. The van der Waals surface area contributed by atoms with E-state index in [1.165, 1.54) is 31.2 Å². The number of nitrogens with one attached hydrogen (secondary N) is 1. The third-order valence-electron chi connectivity index (χ3n) is 3.79. The van der Waals surface area contributed by atoms with E-state index in [0.29, 0.717) is 5.02 Å². The lowest BCUT2D eigenvalue weighted by atomic mass is 10.1. The second kappa shape index (κ2) is 8.47. The fraction of sp³-hybridized carbons (Fsp3) is 0.278. The highest BCUT2D eigenvalue weighted by Crippen LogP contribution is 2.21. The summed E-state index contributed by atoms with van der Waals surface area (Å²) in [6.45, 7) is 3.85. The van der Waals surface area contributed by atoms with Crippen LogP contribution in [0.1, 0.15) is 19.4 Å². The first-order valence-electron chi connectivity index (χ1n) is 7.96. The van der Waals surface area contributed by atoms with Crippen molar-refractivity contribution in [3.05, 3.63) is 59.1 Å². The smallest absolute Gasteiger partial charge is 0.240 e. The van der Waals surface area contributed by atoms with E-state index >= 15 is 0 Å². The van der Waals surface area contributed by atoms with E-state index in [0.717, 1.165) is 17.7 Å². The van der Waals surface area contributed by atoms with Crippen LogP contribution in [-0.2, 0) is 21.2 Å².